The van der Waals surface area contributed by atoms with Crippen molar-refractivity contribution in [1.82, 2.24) is 4.90 Å². The number of rotatable bonds is 8. The smallest absolute Gasteiger partial charge is 0.220 e. The highest BCUT2D eigenvalue weighted by Gasteiger charge is 2.16. The Kier molecular flexibility index (Phi) is 8.20. The first-order valence-electron chi connectivity index (χ1n) is 7.99. The number of nitrogens with zero attached hydrogens (tertiary/aromatic N) is 2. The molecule has 23 heavy (non-hydrogen) atoms. The van der Waals surface area contributed by atoms with Gasteiger partial charge in [-0.1, -0.05) is 25.4 Å². The SMILES string of the molecule is CCN(CC)CC/N=C(\OC(C)C)c1cc(Cl)c(N)cc1OC. The Morgan fingerprint density at radius 1 is 1.30 bits per heavy atom. The van der Waals surface area contributed by atoms with Gasteiger partial charge in [0.2, 0.25) is 5.90 Å². The normalized spacial score (nSPS) is 12.1. The number of likely N-dealkylation sites (N-methyl/N-ethyl adjacent to an activating group) is 1. The lowest BCUT2D eigenvalue weighted by Crippen LogP contribution is -2.26. The summed E-state index contributed by atoms with van der Waals surface area (Å²) in [4.78, 5) is 6.93. The molecule has 0 aliphatic rings. The van der Waals surface area contributed by atoms with Crippen LogP contribution in [0.3, 0.4) is 0 Å². The highest BCUT2D eigenvalue weighted by atomic mass is 35.5. The summed E-state index contributed by atoms with van der Waals surface area (Å²) in [6.45, 7) is 11.7. The summed E-state index contributed by atoms with van der Waals surface area (Å²) in [5.74, 6) is 1.14. The summed E-state index contributed by atoms with van der Waals surface area (Å²) in [7, 11) is 1.59. The number of anilines is 1. The van der Waals surface area contributed by atoms with Gasteiger partial charge in [0.15, 0.2) is 0 Å². The average molecular weight is 342 g/mol. The predicted octanol–water partition coefficient (Wildman–Crippen LogP) is 3.44. The number of halogens is 1. The highest BCUT2D eigenvalue weighted by molar-refractivity contribution is 6.33. The topological polar surface area (TPSA) is 60.1 Å². The van der Waals surface area contributed by atoms with Crippen LogP contribution in [0.1, 0.15) is 33.3 Å². The molecule has 0 saturated heterocycles. The number of methoxy groups -OCH3 is 1. The summed E-state index contributed by atoms with van der Waals surface area (Å²) in [5.41, 5.74) is 7.04. The number of hydrogen-bond acceptors (Lipinski definition) is 5. The van der Waals surface area contributed by atoms with E-state index < -0.39 is 0 Å². The summed E-state index contributed by atoms with van der Waals surface area (Å²) >= 11 is 6.15. The lowest BCUT2D eigenvalue weighted by molar-refractivity contribution is 0.226. The van der Waals surface area contributed by atoms with Gasteiger partial charge in [-0.2, -0.15) is 0 Å². The third-order valence-corrected chi connectivity index (χ3v) is 3.79. The van der Waals surface area contributed by atoms with Crippen molar-refractivity contribution in [3.05, 3.63) is 22.7 Å². The van der Waals surface area contributed by atoms with Crippen molar-refractivity contribution in [2.24, 2.45) is 4.99 Å². The second-order valence-electron chi connectivity index (χ2n) is 5.45. The van der Waals surface area contributed by atoms with Gasteiger partial charge in [0.05, 0.1) is 36.0 Å². The number of nitrogen functional groups attached to an aromatic ring is 1. The van der Waals surface area contributed by atoms with Crippen molar-refractivity contribution >= 4 is 23.2 Å². The third kappa shape index (κ3) is 5.92. The average Bonchev–Trinajstić information content (AvgIpc) is 2.52. The minimum Gasteiger partial charge on any atom is -0.496 e. The van der Waals surface area contributed by atoms with Crippen molar-refractivity contribution in [3.63, 3.8) is 0 Å². The Bertz CT molecular complexity index is 529. The molecule has 0 bridgehead atoms. The molecule has 0 saturated carbocycles. The fraction of sp³-hybridized carbons (Fsp3) is 0.588. The van der Waals surface area contributed by atoms with E-state index in [4.69, 9.17) is 26.8 Å². The van der Waals surface area contributed by atoms with Crippen LogP contribution in [-0.2, 0) is 4.74 Å². The van der Waals surface area contributed by atoms with E-state index in [1.54, 1.807) is 19.2 Å². The molecule has 5 nitrogen and oxygen atoms in total. The Morgan fingerprint density at radius 2 is 1.96 bits per heavy atom. The second-order valence-corrected chi connectivity index (χ2v) is 5.86. The van der Waals surface area contributed by atoms with Gasteiger partial charge in [-0.05, 0) is 33.0 Å². The zero-order valence-electron chi connectivity index (χ0n) is 14.7. The van der Waals surface area contributed by atoms with Crippen LogP contribution in [0.5, 0.6) is 5.75 Å². The molecule has 1 aromatic rings. The van der Waals surface area contributed by atoms with Crippen LogP contribution < -0.4 is 10.5 Å². The molecule has 0 heterocycles. The van der Waals surface area contributed by atoms with Crippen LogP contribution in [0.4, 0.5) is 5.69 Å². The standard InChI is InChI=1S/C17H28ClN3O2/c1-6-21(7-2)9-8-20-17(23-12(3)4)13-10-14(18)15(19)11-16(13)22-5/h10-12H,6-9,19H2,1-5H3/b20-17-. The van der Waals surface area contributed by atoms with Crippen molar-refractivity contribution in [2.45, 2.75) is 33.8 Å². The molecule has 1 rings (SSSR count). The summed E-state index contributed by atoms with van der Waals surface area (Å²) in [6, 6.07) is 3.44. The van der Waals surface area contributed by atoms with Crippen LogP contribution >= 0.6 is 11.6 Å². The molecule has 1 aromatic carbocycles. The van der Waals surface area contributed by atoms with Crippen LogP contribution in [0.2, 0.25) is 5.02 Å². The molecule has 2 N–H and O–H groups in total. The van der Waals surface area contributed by atoms with E-state index in [2.05, 4.69) is 23.7 Å². The lowest BCUT2D eigenvalue weighted by atomic mass is 10.1. The molecule has 0 aromatic heterocycles. The summed E-state index contributed by atoms with van der Waals surface area (Å²) in [6.07, 6.45) is 0.00300. The molecule has 0 amide bonds. The lowest BCUT2D eigenvalue weighted by Gasteiger charge is -2.19. The van der Waals surface area contributed by atoms with Crippen molar-refractivity contribution in [3.8, 4) is 5.75 Å². The van der Waals surface area contributed by atoms with Gasteiger partial charge in [-0.25, -0.2) is 4.99 Å². The number of hydrogen-bond donors (Lipinski definition) is 1. The molecule has 130 valence electrons. The predicted molar refractivity (Wildman–Crippen MR) is 97.8 cm³/mol. The fourth-order valence-corrected chi connectivity index (χ4v) is 2.31. The molecule has 0 spiro atoms. The second kappa shape index (κ2) is 9.63. The zero-order chi connectivity index (χ0) is 17.4. The Morgan fingerprint density at radius 3 is 2.48 bits per heavy atom. The maximum absolute atomic E-state index is 6.15. The third-order valence-electron chi connectivity index (χ3n) is 3.46. The minimum atomic E-state index is 0.00300. The quantitative estimate of drug-likeness (QED) is 0.447. The summed E-state index contributed by atoms with van der Waals surface area (Å²) < 4.78 is 11.3. The Hall–Kier alpha value is -1.46. The molecular weight excluding hydrogens is 314 g/mol. The van der Waals surface area contributed by atoms with Gasteiger partial charge in [0.1, 0.15) is 5.75 Å². The van der Waals surface area contributed by atoms with Gasteiger partial charge in [-0.3, -0.25) is 0 Å². The maximum Gasteiger partial charge on any atom is 0.220 e. The van der Waals surface area contributed by atoms with E-state index in [9.17, 15) is 0 Å². The van der Waals surface area contributed by atoms with E-state index in [1.165, 1.54) is 0 Å². The monoisotopic (exact) mass is 341 g/mol. The Labute approximate surface area is 144 Å². The van der Waals surface area contributed by atoms with Crippen molar-refractivity contribution in [2.75, 3.05) is 39.0 Å². The molecule has 6 heteroatoms. The van der Waals surface area contributed by atoms with Gasteiger partial charge >= 0.3 is 0 Å². The molecule has 0 aliphatic heterocycles. The maximum atomic E-state index is 6.15. The number of nitrogens with two attached hydrogens (primary N) is 1. The minimum absolute atomic E-state index is 0.00300. The van der Waals surface area contributed by atoms with E-state index >= 15 is 0 Å². The first-order chi connectivity index (χ1) is 10.9. The van der Waals surface area contributed by atoms with Crippen molar-refractivity contribution < 1.29 is 9.47 Å². The van der Waals surface area contributed by atoms with Gasteiger partial charge in [-0.15, -0.1) is 0 Å². The van der Waals surface area contributed by atoms with Crippen LogP contribution in [-0.4, -0.2) is 50.2 Å². The summed E-state index contributed by atoms with van der Waals surface area (Å²) in [5, 5.41) is 0.463. The fourth-order valence-electron chi connectivity index (χ4n) is 2.15. The van der Waals surface area contributed by atoms with Gasteiger partial charge in [0, 0.05) is 12.6 Å². The van der Waals surface area contributed by atoms with E-state index in [1.807, 2.05) is 13.8 Å². The molecular formula is C17H28ClN3O2. The molecule has 0 aliphatic carbocycles. The first-order valence-corrected chi connectivity index (χ1v) is 8.37. The van der Waals surface area contributed by atoms with E-state index in [0.717, 1.165) is 25.2 Å². The van der Waals surface area contributed by atoms with Crippen molar-refractivity contribution in [1.29, 1.82) is 0 Å². The number of ether oxygens (including phenoxy) is 2. The van der Waals surface area contributed by atoms with Crippen LogP contribution in [0.15, 0.2) is 17.1 Å². The highest BCUT2D eigenvalue weighted by Crippen LogP contribution is 2.29. The van der Waals surface area contributed by atoms with E-state index in [0.29, 0.717) is 28.9 Å². The first kappa shape index (κ1) is 19.6. The Balaban J connectivity index is 3.08. The van der Waals surface area contributed by atoms with Gasteiger partial charge < -0.3 is 20.1 Å². The van der Waals surface area contributed by atoms with Crippen LogP contribution in [0, 0.1) is 0 Å². The van der Waals surface area contributed by atoms with Gasteiger partial charge in [0.25, 0.3) is 0 Å². The zero-order valence-corrected chi connectivity index (χ0v) is 15.5. The molecule has 0 unspecified atom stereocenters. The van der Waals surface area contributed by atoms with Crippen LogP contribution in [0.25, 0.3) is 0 Å². The number of aliphatic imine (C=N–C) groups is 1. The van der Waals surface area contributed by atoms with E-state index in [-0.39, 0.29) is 6.10 Å². The molecule has 0 fully saturated rings. The molecule has 0 atom stereocenters. The molecule has 0 radical (unpaired) electrons. The number of benzene rings is 1. The largest absolute Gasteiger partial charge is 0.496 e.